The Morgan fingerprint density at radius 1 is 1.75 bits per heavy atom. The molecule has 0 aromatic rings. The average molecular weight is 226 g/mol. The van der Waals surface area contributed by atoms with Gasteiger partial charge in [-0.2, -0.15) is 0 Å². The van der Waals surface area contributed by atoms with Crippen LogP contribution in [0, 0.1) is 0 Å². The average Bonchev–Trinajstić information content (AvgIpc) is 1.83. The topological polar surface area (TPSA) is 9.23 Å². The van der Waals surface area contributed by atoms with Crippen molar-refractivity contribution >= 4 is 23.0 Å². The minimum absolute atomic E-state index is 1.01. The fourth-order valence-corrected chi connectivity index (χ4v) is 0.559. The third kappa shape index (κ3) is 4.43. The molecule has 0 saturated carbocycles. The molecule has 2 heteroatoms. The van der Waals surface area contributed by atoms with Gasteiger partial charge in [0.25, 0.3) is 0 Å². The van der Waals surface area contributed by atoms with Gasteiger partial charge in [-0.15, -0.1) is 0 Å². The molecule has 0 aromatic heterocycles. The number of allylic oxidation sites excluding steroid dienone is 2. The third-order valence-corrected chi connectivity index (χ3v) is 1.54. The van der Waals surface area contributed by atoms with Crippen molar-refractivity contribution in [3.05, 3.63) is 11.8 Å². The van der Waals surface area contributed by atoms with E-state index in [9.17, 15) is 0 Å². The zero-order valence-electron chi connectivity index (χ0n) is 5.28. The maximum atomic E-state index is 4.88. The molecule has 0 aliphatic carbocycles. The normalized spacial score (nSPS) is 11.6. The second kappa shape index (κ2) is 5.41. The number of hydrogen-bond acceptors (Lipinski definition) is 1. The Balaban J connectivity index is 3.26. The van der Waals surface area contributed by atoms with E-state index in [4.69, 9.17) is 3.07 Å². The molecule has 0 saturated heterocycles. The number of hydrogen-bond donors (Lipinski definition) is 0. The van der Waals surface area contributed by atoms with Gasteiger partial charge < -0.3 is 3.07 Å². The predicted octanol–water partition coefficient (Wildman–Crippen LogP) is 3.06. The predicted molar refractivity (Wildman–Crippen MR) is 43.8 cm³/mol. The Morgan fingerprint density at radius 3 is 2.75 bits per heavy atom. The van der Waals surface area contributed by atoms with Crippen LogP contribution in [0.2, 0.25) is 0 Å². The van der Waals surface area contributed by atoms with Crippen LogP contribution in [0.15, 0.2) is 11.8 Å². The minimum atomic E-state index is 1.01. The zero-order chi connectivity index (χ0) is 6.41. The summed E-state index contributed by atoms with van der Waals surface area (Å²) in [6, 6.07) is 0. The van der Waals surface area contributed by atoms with Crippen LogP contribution < -0.4 is 0 Å². The fraction of sp³-hybridized carbons (Fsp3) is 0.667. The van der Waals surface area contributed by atoms with E-state index in [0.717, 1.165) is 12.2 Å². The monoisotopic (exact) mass is 226 g/mol. The molecule has 0 N–H and O–H groups in total. The quantitative estimate of drug-likeness (QED) is 0.530. The summed E-state index contributed by atoms with van der Waals surface area (Å²) in [5.41, 5.74) is 0. The van der Waals surface area contributed by atoms with Gasteiger partial charge in [0.05, 0.1) is 0 Å². The summed E-state index contributed by atoms with van der Waals surface area (Å²) >= 11 is 1.88. The van der Waals surface area contributed by atoms with Crippen LogP contribution in [0.1, 0.15) is 26.7 Å². The highest BCUT2D eigenvalue weighted by Crippen LogP contribution is 2.03. The lowest BCUT2D eigenvalue weighted by atomic mass is 10.3. The molecule has 0 fully saturated rings. The Hall–Kier alpha value is 0.270. The van der Waals surface area contributed by atoms with Gasteiger partial charge >= 0.3 is 0 Å². The van der Waals surface area contributed by atoms with E-state index in [0.29, 0.717) is 0 Å². The SMILES string of the molecule is CCC/C=C(\C)OI. The van der Waals surface area contributed by atoms with Crippen molar-refractivity contribution < 1.29 is 3.07 Å². The summed E-state index contributed by atoms with van der Waals surface area (Å²) in [4.78, 5) is 0. The highest BCUT2D eigenvalue weighted by molar-refractivity contribution is 14.1. The number of halogens is 1. The van der Waals surface area contributed by atoms with Crippen molar-refractivity contribution in [3.8, 4) is 0 Å². The summed E-state index contributed by atoms with van der Waals surface area (Å²) in [6.45, 7) is 4.11. The molecule has 0 aliphatic heterocycles. The molecule has 0 unspecified atom stereocenters. The molecule has 48 valence electrons. The van der Waals surface area contributed by atoms with Crippen molar-refractivity contribution in [2.45, 2.75) is 26.7 Å². The second-order valence-corrected chi connectivity index (χ2v) is 2.12. The molecule has 0 rings (SSSR count). The van der Waals surface area contributed by atoms with Gasteiger partial charge in [0, 0.05) is 0 Å². The Morgan fingerprint density at radius 2 is 2.38 bits per heavy atom. The van der Waals surface area contributed by atoms with Crippen LogP contribution in [0.5, 0.6) is 0 Å². The fourth-order valence-electron chi connectivity index (χ4n) is 0.379. The molecule has 0 atom stereocenters. The second-order valence-electron chi connectivity index (χ2n) is 1.68. The molecular formula is C6H11IO. The highest BCUT2D eigenvalue weighted by atomic mass is 127. The summed E-state index contributed by atoms with van der Waals surface area (Å²) in [7, 11) is 0. The lowest BCUT2D eigenvalue weighted by Gasteiger charge is -1.92. The lowest BCUT2D eigenvalue weighted by Crippen LogP contribution is -1.71. The first-order chi connectivity index (χ1) is 3.81. The third-order valence-electron chi connectivity index (χ3n) is 0.842. The Labute approximate surface area is 64.8 Å². The smallest absolute Gasteiger partial charge is 0.192 e. The van der Waals surface area contributed by atoms with Crippen LogP contribution in [-0.4, -0.2) is 0 Å². The van der Waals surface area contributed by atoms with Crippen molar-refractivity contribution in [1.29, 1.82) is 0 Å². The maximum Gasteiger partial charge on any atom is 0.192 e. The van der Waals surface area contributed by atoms with E-state index < -0.39 is 0 Å². The van der Waals surface area contributed by atoms with Gasteiger partial charge in [0.15, 0.2) is 23.0 Å². The van der Waals surface area contributed by atoms with Gasteiger partial charge in [0.2, 0.25) is 0 Å². The van der Waals surface area contributed by atoms with Crippen LogP contribution in [0.4, 0.5) is 0 Å². The van der Waals surface area contributed by atoms with Gasteiger partial charge in [0.1, 0.15) is 5.76 Å². The lowest BCUT2D eigenvalue weighted by molar-refractivity contribution is 0.559. The standard InChI is InChI=1S/C6H11IO/c1-3-4-5-6(2)8-7/h5H,3-4H2,1-2H3/b6-5+. The van der Waals surface area contributed by atoms with Crippen LogP contribution in [0.25, 0.3) is 0 Å². The van der Waals surface area contributed by atoms with Crippen molar-refractivity contribution in [3.63, 3.8) is 0 Å². The van der Waals surface area contributed by atoms with Gasteiger partial charge in [-0.05, 0) is 19.4 Å². The summed E-state index contributed by atoms with van der Waals surface area (Å²) in [5.74, 6) is 1.01. The van der Waals surface area contributed by atoms with E-state index in [1.165, 1.54) is 6.42 Å². The van der Waals surface area contributed by atoms with Crippen LogP contribution in [-0.2, 0) is 3.07 Å². The van der Waals surface area contributed by atoms with E-state index in [2.05, 4.69) is 13.0 Å². The molecular weight excluding hydrogens is 215 g/mol. The number of unbranched alkanes of at least 4 members (excludes halogenated alkanes) is 1. The Bertz CT molecular complexity index is 78.6. The molecule has 0 spiro atoms. The van der Waals surface area contributed by atoms with Gasteiger partial charge in [-0.1, -0.05) is 13.3 Å². The molecule has 0 aromatic carbocycles. The summed E-state index contributed by atoms with van der Waals surface area (Å²) < 4.78 is 4.88. The first-order valence-corrected chi connectivity index (χ1v) is 3.64. The van der Waals surface area contributed by atoms with Crippen molar-refractivity contribution in [2.24, 2.45) is 0 Å². The maximum absolute atomic E-state index is 4.88. The molecule has 0 aliphatic rings. The largest absolute Gasteiger partial charge is 0.433 e. The van der Waals surface area contributed by atoms with Crippen molar-refractivity contribution in [2.75, 3.05) is 0 Å². The molecule has 0 radical (unpaired) electrons. The molecule has 8 heavy (non-hydrogen) atoms. The molecule has 0 heterocycles. The van der Waals surface area contributed by atoms with Gasteiger partial charge in [-0.25, -0.2) is 0 Å². The molecule has 1 nitrogen and oxygen atoms in total. The number of rotatable bonds is 3. The van der Waals surface area contributed by atoms with Gasteiger partial charge in [-0.3, -0.25) is 0 Å². The van der Waals surface area contributed by atoms with E-state index >= 15 is 0 Å². The Kier molecular flexibility index (Phi) is 5.59. The first-order valence-electron chi connectivity index (χ1n) is 2.76. The van der Waals surface area contributed by atoms with E-state index in [1.807, 2.05) is 29.9 Å². The molecule has 0 amide bonds. The minimum Gasteiger partial charge on any atom is -0.433 e. The first kappa shape index (κ1) is 8.27. The van der Waals surface area contributed by atoms with Crippen molar-refractivity contribution in [1.82, 2.24) is 0 Å². The van der Waals surface area contributed by atoms with E-state index in [1.54, 1.807) is 0 Å². The zero-order valence-corrected chi connectivity index (χ0v) is 7.44. The summed E-state index contributed by atoms with van der Waals surface area (Å²) in [5, 5.41) is 0. The summed E-state index contributed by atoms with van der Waals surface area (Å²) in [6.07, 6.45) is 4.40. The van der Waals surface area contributed by atoms with Crippen LogP contribution in [0.3, 0.4) is 0 Å². The highest BCUT2D eigenvalue weighted by Gasteiger charge is 1.81. The van der Waals surface area contributed by atoms with Crippen LogP contribution >= 0.6 is 23.0 Å². The molecule has 0 bridgehead atoms. The van der Waals surface area contributed by atoms with E-state index in [-0.39, 0.29) is 0 Å².